The van der Waals surface area contributed by atoms with Gasteiger partial charge in [0.15, 0.2) is 17.5 Å². The van der Waals surface area contributed by atoms with Crippen LogP contribution in [0.4, 0.5) is 0 Å². The minimum absolute atomic E-state index is 0.00500. The number of Topliss-reactive ketones (excluding diaryl/α,β-unsaturated/α-hetero) is 2. The molecule has 2 aromatic rings. The number of hydrogen-bond acceptors (Lipinski definition) is 8. The van der Waals surface area contributed by atoms with E-state index in [0.717, 1.165) is 11.1 Å². The first-order valence-electron chi connectivity index (χ1n) is 16.7. The number of benzene rings is 2. The number of aliphatic carboxylic acids is 1. The average molecular weight is 678 g/mol. The van der Waals surface area contributed by atoms with Gasteiger partial charge in [-0.25, -0.2) is 0 Å². The molecule has 13 heteroatoms. The minimum Gasteiger partial charge on any atom is -0.480 e. The molecule has 1 aliphatic rings. The Kier molecular flexibility index (Phi) is 14.4. The number of nitrogens with two attached hydrogens (primary N) is 4. The van der Waals surface area contributed by atoms with Gasteiger partial charge in [0.05, 0.1) is 24.5 Å². The molecule has 0 aliphatic carbocycles. The lowest BCUT2D eigenvalue weighted by atomic mass is 9.87. The summed E-state index contributed by atoms with van der Waals surface area (Å²) in [4.78, 5) is 71.8. The third kappa shape index (κ3) is 12.1. The molecule has 2 aromatic carbocycles. The fourth-order valence-electron chi connectivity index (χ4n) is 5.99. The smallest absolute Gasteiger partial charge is 0.323 e. The summed E-state index contributed by atoms with van der Waals surface area (Å²) in [6.45, 7) is 3.86. The molecule has 1 fully saturated rings. The van der Waals surface area contributed by atoms with Gasteiger partial charge in [-0.2, -0.15) is 0 Å². The molecule has 0 spiro atoms. The van der Waals surface area contributed by atoms with Crippen molar-refractivity contribution in [2.45, 2.75) is 76.4 Å². The van der Waals surface area contributed by atoms with Crippen LogP contribution in [-0.4, -0.2) is 82.6 Å². The number of hydrogen-bond donors (Lipinski definition) is 6. The van der Waals surface area contributed by atoms with Gasteiger partial charge in [0.2, 0.25) is 11.8 Å². The van der Waals surface area contributed by atoms with Gasteiger partial charge in [-0.1, -0.05) is 74.5 Å². The van der Waals surface area contributed by atoms with Crippen molar-refractivity contribution in [1.82, 2.24) is 10.2 Å². The highest BCUT2D eigenvalue weighted by Crippen LogP contribution is 2.24. The summed E-state index contributed by atoms with van der Waals surface area (Å²) in [6.07, 6.45) is 0.624. The summed E-state index contributed by atoms with van der Waals surface area (Å²) in [5.41, 5.74) is 23.7. The van der Waals surface area contributed by atoms with Crippen LogP contribution < -0.4 is 28.3 Å². The summed E-state index contributed by atoms with van der Waals surface area (Å²) in [5.74, 6) is -4.63. The van der Waals surface area contributed by atoms with Crippen LogP contribution in [0.2, 0.25) is 0 Å². The normalized spacial score (nSPS) is 16.6. The van der Waals surface area contributed by atoms with Gasteiger partial charge in [0.25, 0.3) is 0 Å². The van der Waals surface area contributed by atoms with Crippen LogP contribution in [0.25, 0.3) is 0 Å². The third-order valence-corrected chi connectivity index (χ3v) is 8.95. The zero-order chi connectivity index (χ0) is 36.1. The van der Waals surface area contributed by atoms with E-state index >= 15 is 0 Å². The Morgan fingerprint density at radius 3 is 1.90 bits per heavy atom. The quantitative estimate of drug-likeness (QED) is 0.0972. The van der Waals surface area contributed by atoms with Crippen molar-refractivity contribution in [3.63, 3.8) is 0 Å². The van der Waals surface area contributed by atoms with Gasteiger partial charge >= 0.3 is 5.97 Å². The first-order valence-corrected chi connectivity index (χ1v) is 16.7. The predicted octanol–water partition coefficient (Wildman–Crippen LogP) is 1.16. The van der Waals surface area contributed by atoms with E-state index in [1.165, 1.54) is 4.90 Å². The van der Waals surface area contributed by atoms with Gasteiger partial charge in [0, 0.05) is 31.8 Å². The summed E-state index contributed by atoms with van der Waals surface area (Å²) in [7, 11) is 0. The molecule has 2 amide bonds. The zero-order valence-corrected chi connectivity index (χ0v) is 28.4. The molecule has 3 rings (SSSR count). The van der Waals surface area contributed by atoms with E-state index in [0.29, 0.717) is 12.8 Å². The van der Waals surface area contributed by atoms with Crippen molar-refractivity contribution in [2.24, 2.45) is 45.7 Å². The maximum Gasteiger partial charge on any atom is 0.323 e. The first kappa shape index (κ1) is 38.8. The van der Waals surface area contributed by atoms with E-state index in [-0.39, 0.29) is 75.2 Å². The first-order chi connectivity index (χ1) is 23.2. The van der Waals surface area contributed by atoms with Crippen LogP contribution in [0.5, 0.6) is 0 Å². The lowest BCUT2D eigenvalue weighted by Gasteiger charge is -2.37. The van der Waals surface area contributed by atoms with Crippen molar-refractivity contribution in [1.29, 1.82) is 0 Å². The monoisotopic (exact) mass is 677 g/mol. The number of piperidine rings is 1. The number of nitrogens with one attached hydrogen (secondary N) is 1. The highest BCUT2D eigenvalue weighted by atomic mass is 16.4. The SMILES string of the molecule is CC(C)C[C@@H](NC(=O)[C@H](CC(=O)[C@H](N)Cc1ccccc1)Cc1ccccc1)C(=O)C[C@H](CN=C(N)N)C(=O)N1CCC(N)(C(=O)O)CC1. The van der Waals surface area contributed by atoms with Crippen LogP contribution in [0, 0.1) is 17.8 Å². The molecule has 0 radical (unpaired) electrons. The number of guanidine groups is 1. The maximum atomic E-state index is 13.9. The molecule has 49 heavy (non-hydrogen) atoms. The van der Waals surface area contributed by atoms with Gasteiger partial charge in [-0.15, -0.1) is 0 Å². The predicted molar refractivity (Wildman–Crippen MR) is 187 cm³/mol. The van der Waals surface area contributed by atoms with Crippen molar-refractivity contribution in [3.8, 4) is 0 Å². The lowest BCUT2D eigenvalue weighted by Crippen LogP contribution is -2.57. The summed E-state index contributed by atoms with van der Waals surface area (Å²) in [5, 5.41) is 12.4. The van der Waals surface area contributed by atoms with E-state index in [2.05, 4.69) is 10.3 Å². The molecule has 266 valence electrons. The largest absolute Gasteiger partial charge is 0.480 e. The molecule has 10 N–H and O–H groups in total. The number of carbonyl (C=O) groups is 5. The molecule has 0 saturated carbocycles. The van der Waals surface area contributed by atoms with Gasteiger partial charge in [-0.05, 0) is 49.1 Å². The van der Waals surface area contributed by atoms with E-state index in [9.17, 15) is 29.1 Å². The average Bonchev–Trinajstić information content (AvgIpc) is 3.06. The van der Waals surface area contributed by atoms with E-state index < -0.39 is 47.2 Å². The van der Waals surface area contributed by atoms with Crippen molar-refractivity contribution >= 4 is 35.3 Å². The van der Waals surface area contributed by atoms with Crippen LogP contribution in [0.1, 0.15) is 57.1 Å². The van der Waals surface area contributed by atoms with Crippen LogP contribution in [0.3, 0.4) is 0 Å². The molecule has 0 unspecified atom stereocenters. The highest BCUT2D eigenvalue weighted by Gasteiger charge is 2.40. The molecule has 13 nitrogen and oxygen atoms in total. The fraction of sp³-hybridized carbons (Fsp3) is 0.500. The molecular weight excluding hydrogens is 626 g/mol. The summed E-state index contributed by atoms with van der Waals surface area (Å²) < 4.78 is 0. The molecule has 0 aromatic heterocycles. The molecular formula is C36H51N7O6. The molecule has 4 atom stereocenters. The number of likely N-dealkylation sites (tertiary alicyclic amines) is 1. The minimum atomic E-state index is -1.43. The number of carbonyl (C=O) groups excluding carboxylic acids is 4. The maximum absolute atomic E-state index is 13.9. The van der Waals surface area contributed by atoms with E-state index in [4.69, 9.17) is 22.9 Å². The second-order valence-electron chi connectivity index (χ2n) is 13.5. The Morgan fingerprint density at radius 1 is 0.857 bits per heavy atom. The number of rotatable bonds is 18. The van der Waals surface area contributed by atoms with E-state index in [1.807, 2.05) is 74.5 Å². The molecule has 0 bridgehead atoms. The summed E-state index contributed by atoms with van der Waals surface area (Å²) in [6, 6.07) is 17.0. The van der Waals surface area contributed by atoms with Crippen LogP contribution >= 0.6 is 0 Å². The Hall–Kier alpha value is -4.62. The standard InChI is InChI=1S/C36H51N7O6/c1-23(2)17-29(31(45)21-27(22-41-35(38)39)33(47)43-15-13-36(40,14-16-43)34(48)49)42-32(46)26(18-24-9-5-3-6-10-24)20-30(44)28(37)19-25-11-7-4-8-12-25/h3-12,23,26-29H,13-22,37,40H2,1-2H3,(H,42,46)(H,48,49)(H4,38,39,41)/t26-,27+,28+,29+/m0/s1. The van der Waals surface area contributed by atoms with Gasteiger partial charge in [-0.3, -0.25) is 29.0 Å². The Bertz CT molecular complexity index is 1450. The van der Waals surface area contributed by atoms with Crippen LogP contribution in [0.15, 0.2) is 65.7 Å². The van der Waals surface area contributed by atoms with Gasteiger partial charge in [0.1, 0.15) is 5.54 Å². The second kappa shape index (κ2) is 18.2. The highest BCUT2D eigenvalue weighted by molar-refractivity contribution is 5.95. The number of amides is 2. The number of carboxylic acids is 1. The lowest BCUT2D eigenvalue weighted by molar-refractivity contribution is -0.148. The van der Waals surface area contributed by atoms with Crippen molar-refractivity contribution in [2.75, 3.05) is 19.6 Å². The van der Waals surface area contributed by atoms with Crippen molar-refractivity contribution in [3.05, 3.63) is 71.8 Å². The third-order valence-electron chi connectivity index (χ3n) is 8.95. The number of nitrogens with zero attached hydrogens (tertiary/aromatic N) is 2. The Balaban J connectivity index is 1.78. The number of ketones is 2. The fourth-order valence-corrected chi connectivity index (χ4v) is 5.99. The van der Waals surface area contributed by atoms with Crippen molar-refractivity contribution < 1.29 is 29.1 Å². The Labute approximate surface area is 287 Å². The number of aliphatic imine (C=N–C) groups is 1. The second-order valence-corrected chi connectivity index (χ2v) is 13.5. The molecule has 1 aliphatic heterocycles. The molecule has 1 heterocycles. The zero-order valence-electron chi connectivity index (χ0n) is 28.4. The number of carboxylic acid groups (broad SMARTS) is 1. The Morgan fingerprint density at radius 2 is 1.39 bits per heavy atom. The van der Waals surface area contributed by atoms with Gasteiger partial charge < -0.3 is 38.3 Å². The van der Waals surface area contributed by atoms with Crippen LogP contribution in [-0.2, 0) is 36.8 Å². The topological polar surface area (TPSA) is 237 Å². The summed E-state index contributed by atoms with van der Waals surface area (Å²) >= 11 is 0. The van der Waals surface area contributed by atoms with E-state index in [1.54, 1.807) is 0 Å². The molecule has 1 saturated heterocycles.